The number of fused-ring (bicyclic) bond motifs is 2. The van der Waals surface area contributed by atoms with E-state index in [2.05, 4.69) is 15.5 Å². The van der Waals surface area contributed by atoms with Crippen molar-refractivity contribution in [3.8, 4) is 0 Å². The van der Waals surface area contributed by atoms with Crippen LogP contribution in [-0.2, 0) is 4.79 Å². The summed E-state index contributed by atoms with van der Waals surface area (Å²) in [4.78, 5) is 14.4. The van der Waals surface area contributed by atoms with Crippen LogP contribution in [0.15, 0.2) is 24.3 Å². The Morgan fingerprint density at radius 1 is 1.33 bits per heavy atom. The lowest BCUT2D eigenvalue weighted by Gasteiger charge is -2.23. The summed E-state index contributed by atoms with van der Waals surface area (Å²) in [6.07, 6.45) is 3.71. The number of benzene rings is 1. The van der Waals surface area contributed by atoms with Gasteiger partial charge in [0, 0.05) is 30.9 Å². The number of amides is 1. The molecule has 1 aromatic carbocycles. The first-order chi connectivity index (χ1) is 9.69. The van der Waals surface area contributed by atoms with Crippen molar-refractivity contribution in [1.82, 2.24) is 10.2 Å². The molecule has 4 nitrogen and oxygen atoms in total. The fourth-order valence-electron chi connectivity index (χ4n) is 3.29. The molecule has 21 heavy (non-hydrogen) atoms. The van der Waals surface area contributed by atoms with E-state index >= 15 is 0 Å². The van der Waals surface area contributed by atoms with Crippen molar-refractivity contribution in [3.05, 3.63) is 29.8 Å². The van der Waals surface area contributed by atoms with E-state index in [1.54, 1.807) is 0 Å². The van der Waals surface area contributed by atoms with Crippen molar-refractivity contribution in [1.29, 1.82) is 0 Å². The third-order valence-electron chi connectivity index (χ3n) is 4.28. The highest BCUT2D eigenvalue weighted by atomic mass is 35.5. The third kappa shape index (κ3) is 4.43. The predicted molar refractivity (Wildman–Crippen MR) is 88.1 cm³/mol. The summed E-state index contributed by atoms with van der Waals surface area (Å²) < 4.78 is 0. The van der Waals surface area contributed by atoms with Crippen molar-refractivity contribution in [2.75, 3.05) is 25.0 Å². The van der Waals surface area contributed by atoms with Crippen molar-refractivity contribution in [2.24, 2.45) is 0 Å². The van der Waals surface area contributed by atoms with E-state index in [-0.39, 0.29) is 18.3 Å². The van der Waals surface area contributed by atoms with Crippen molar-refractivity contribution in [3.63, 3.8) is 0 Å². The summed E-state index contributed by atoms with van der Waals surface area (Å²) in [5.41, 5.74) is 2.06. The molecule has 1 aromatic rings. The van der Waals surface area contributed by atoms with Crippen LogP contribution in [0, 0.1) is 6.92 Å². The van der Waals surface area contributed by atoms with Gasteiger partial charge in [0.2, 0.25) is 5.91 Å². The van der Waals surface area contributed by atoms with Crippen LogP contribution >= 0.6 is 12.4 Å². The van der Waals surface area contributed by atoms with Crippen LogP contribution in [0.1, 0.15) is 24.8 Å². The normalized spacial score (nSPS) is 25.0. The number of hydrogen-bond donors (Lipinski definition) is 2. The molecule has 2 heterocycles. The predicted octanol–water partition coefficient (Wildman–Crippen LogP) is 2.18. The van der Waals surface area contributed by atoms with Crippen molar-refractivity contribution in [2.45, 2.75) is 38.3 Å². The van der Waals surface area contributed by atoms with Gasteiger partial charge in [0.1, 0.15) is 0 Å². The molecule has 3 rings (SSSR count). The first kappa shape index (κ1) is 16.3. The lowest BCUT2D eigenvalue weighted by Crippen LogP contribution is -2.39. The number of rotatable bonds is 3. The highest BCUT2D eigenvalue weighted by molar-refractivity contribution is 5.92. The molecule has 1 amide bonds. The molecule has 0 aromatic heterocycles. The van der Waals surface area contributed by atoms with Crippen molar-refractivity contribution >= 4 is 24.0 Å². The van der Waals surface area contributed by atoms with Gasteiger partial charge in [-0.05, 0) is 43.9 Å². The number of aryl methyl sites for hydroxylation is 1. The monoisotopic (exact) mass is 309 g/mol. The topological polar surface area (TPSA) is 44.4 Å². The van der Waals surface area contributed by atoms with Crippen LogP contribution < -0.4 is 10.6 Å². The number of nitrogens with zero attached hydrogens (tertiary/aromatic N) is 1. The second kappa shape index (κ2) is 7.25. The van der Waals surface area contributed by atoms with Crippen LogP contribution in [0.25, 0.3) is 0 Å². The Bertz CT molecular complexity index is 494. The van der Waals surface area contributed by atoms with Crippen molar-refractivity contribution < 1.29 is 4.79 Å². The molecule has 0 aliphatic carbocycles. The number of hydrogen-bond acceptors (Lipinski definition) is 3. The molecule has 2 bridgehead atoms. The number of nitrogens with one attached hydrogen (secondary N) is 2. The highest BCUT2D eigenvalue weighted by Crippen LogP contribution is 2.20. The summed E-state index contributed by atoms with van der Waals surface area (Å²) in [6.45, 7) is 4.55. The van der Waals surface area contributed by atoms with Crippen LogP contribution in [0.4, 0.5) is 5.69 Å². The van der Waals surface area contributed by atoms with E-state index in [0.29, 0.717) is 18.6 Å². The van der Waals surface area contributed by atoms with Gasteiger partial charge in [0.05, 0.1) is 6.54 Å². The van der Waals surface area contributed by atoms with Gasteiger partial charge in [-0.3, -0.25) is 9.69 Å². The van der Waals surface area contributed by atoms with Gasteiger partial charge < -0.3 is 10.6 Å². The van der Waals surface area contributed by atoms with Gasteiger partial charge in [-0.2, -0.15) is 0 Å². The van der Waals surface area contributed by atoms with E-state index < -0.39 is 0 Å². The van der Waals surface area contributed by atoms with E-state index in [1.165, 1.54) is 18.4 Å². The summed E-state index contributed by atoms with van der Waals surface area (Å²) >= 11 is 0. The maximum absolute atomic E-state index is 12.1. The Kier molecular flexibility index (Phi) is 5.62. The molecular formula is C16H24ClN3O. The molecule has 116 valence electrons. The van der Waals surface area contributed by atoms with E-state index in [1.807, 2.05) is 31.2 Å². The summed E-state index contributed by atoms with van der Waals surface area (Å²) in [5.74, 6) is 0.0911. The standard InChI is InChI=1S/C16H23N3O.ClH/c1-12-3-2-4-14(9-12)18-16(20)11-19-8-7-13-5-6-15(10-19)17-13;/h2-4,9,13,15,17H,5-8,10-11H2,1H3,(H,18,20);1H. The maximum Gasteiger partial charge on any atom is 0.238 e. The minimum Gasteiger partial charge on any atom is -0.325 e. The zero-order valence-electron chi connectivity index (χ0n) is 12.5. The van der Waals surface area contributed by atoms with E-state index in [4.69, 9.17) is 0 Å². The van der Waals surface area contributed by atoms with Gasteiger partial charge in [-0.1, -0.05) is 12.1 Å². The Morgan fingerprint density at radius 3 is 2.95 bits per heavy atom. The van der Waals surface area contributed by atoms with E-state index in [9.17, 15) is 4.79 Å². The first-order valence-corrected chi connectivity index (χ1v) is 7.54. The fourth-order valence-corrected chi connectivity index (χ4v) is 3.29. The third-order valence-corrected chi connectivity index (χ3v) is 4.28. The fraction of sp³-hybridized carbons (Fsp3) is 0.562. The summed E-state index contributed by atoms with van der Waals surface area (Å²) in [7, 11) is 0. The summed E-state index contributed by atoms with van der Waals surface area (Å²) in [5, 5.41) is 6.63. The van der Waals surface area contributed by atoms with Gasteiger partial charge >= 0.3 is 0 Å². The van der Waals surface area contributed by atoms with Crippen LogP contribution in [0.3, 0.4) is 0 Å². The van der Waals surface area contributed by atoms with Gasteiger partial charge in [0.15, 0.2) is 0 Å². The molecule has 2 unspecified atom stereocenters. The molecule has 2 aliphatic rings. The first-order valence-electron chi connectivity index (χ1n) is 7.54. The number of anilines is 1. The molecule has 2 atom stereocenters. The largest absolute Gasteiger partial charge is 0.325 e. The minimum absolute atomic E-state index is 0. The molecule has 2 fully saturated rings. The average Bonchev–Trinajstić information content (AvgIpc) is 2.73. The zero-order valence-corrected chi connectivity index (χ0v) is 13.3. The molecular weight excluding hydrogens is 286 g/mol. The zero-order chi connectivity index (χ0) is 13.9. The molecule has 2 saturated heterocycles. The molecule has 0 radical (unpaired) electrons. The van der Waals surface area contributed by atoms with Crippen LogP contribution in [0.2, 0.25) is 0 Å². The SMILES string of the molecule is Cc1cccc(NC(=O)CN2CCC3CCC(C2)N3)c1.Cl. The van der Waals surface area contributed by atoms with Gasteiger partial charge in [0.25, 0.3) is 0 Å². The maximum atomic E-state index is 12.1. The van der Waals surface area contributed by atoms with Gasteiger partial charge in [-0.25, -0.2) is 0 Å². The molecule has 2 aliphatic heterocycles. The van der Waals surface area contributed by atoms with E-state index in [0.717, 1.165) is 25.2 Å². The lowest BCUT2D eigenvalue weighted by atomic mass is 10.1. The number of carbonyl (C=O) groups is 1. The van der Waals surface area contributed by atoms with Gasteiger partial charge in [-0.15, -0.1) is 12.4 Å². The Balaban J connectivity index is 0.00000161. The Labute approximate surface area is 132 Å². The molecule has 0 spiro atoms. The number of likely N-dealkylation sites (tertiary alicyclic amines) is 1. The van der Waals surface area contributed by atoms with Crippen LogP contribution in [-0.4, -0.2) is 42.5 Å². The second-order valence-electron chi connectivity index (χ2n) is 6.08. The minimum atomic E-state index is 0. The average molecular weight is 310 g/mol. The number of carbonyl (C=O) groups excluding carboxylic acids is 1. The molecule has 0 saturated carbocycles. The highest BCUT2D eigenvalue weighted by Gasteiger charge is 2.29. The lowest BCUT2D eigenvalue weighted by molar-refractivity contribution is -0.117. The Hall–Kier alpha value is -1.10. The molecule has 5 heteroatoms. The summed E-state index contributed by atoms with van der Waals surface area (Å²) in [6, 6.07) is 9.20. The second-order valence-corrected chi connectivity index (χ2v) is 6.08. The molecule has 2 N–H and O–H groups in total. The Morgan fingerprint density at radius 2 is 2.14 bits per heavy atom. The number of halogens is 1. The quantitative estimate of drug-likeness (QED) is 0.899. The smallest absolute Gasteiger partial charge is 0.238 e. The van der Waals surface area contributed by atoms with Crippen LogP contribution in [0.5, 0.6) is 0 Å².